The minimum atomic E-state index is -3.85. The van der Waals surface area contributed by atoms with Crippen molar-refractivity contribution in [2.45, 2.75) is 25.7 Å². The van der Waals surface area contributed by atoms with Gasteiger partial charge in [-0.05, 0) is 51.1 Å². The number of nitrogens with zero attached hydrogens (tertiary/aromatic N) is 2. The van der Waals surface area contributed by atoms with Gasteiger partial charge in [0.25, 0.3) is 15.7 Å². The summed E-state index contributed by atoms with van der Waals surface area (Å²) in [5.41, 5.74) is 0.493. The molecule has 0 saturated heterocycles. The average molecular weight is 364 g/mol. The quantitative estimate of drug-likeness (QED) is 0.554. The lowest BCUT2D eigenvalue weighted by Gasteiger charge is -2.24. The molecule has 8 heteroatoms. The molecule has 0 fully saturated rings. The standard InChI is InChI=1S/C17H20N2O5S/c1-4-18(16-7-6-8-17(13(16)3)19(20)21)25(22,23)15-11-9-14(10-12-15)24-5-2/h6-12H,4-5H2,1-3H3. The van der Waals surface area contributed by atoms with Crippen LogP contribution in [-0.2, 0) is 10.0 Å². The first-order valence-corrected chi connectivity index (χ1v) is 9.26. The minimum absolute atomic E-state index is 0.101. The first-order valence-electron chi connectivity index (χ1n) is 7.82. The van der Waals surface area contributed by atoms with Gasteiger partial charge >= 0.3 is 0 Å². The van der Waals surface area contributed by atoms with E-state index in [-0.39, 0.29) is 17.1 Å². The Morgan fingerprint density at radius 1 is 1.12 bits per heavy atom. The van der Waals surface area contributed by atoms with Gasteiger partial charge in [-0.25, -0.2) is 8.42 Å². The Morgan fingerprint density at radius 2 is 1.76 bits per heavy atom. The molecule has 0 saturated carbocycles. The van der Waals surface area contributed by atoms with Crippen molar-refractivity contribution in [2.75, 3.05) is 17.5 Å². The molecule has 7 nitrogen and oxygen atoms in total. The number of hydrogen-bond donors (Lipinski definition) is 0. The smallest absolute Gasteiger partial charge is 0.274 e. The zero-order valence-electron chi connectivity index (χ0n) is 14.3. The van der Waals surface area contributed by atoms with E-state index in [9.17, 15) is 18.5 Å². The highest BCUT2D eigenvalue weighted by Gasteiger charge is 2.27. The van der Waals surface area contributed by atoms with Crippen molar-refractivity contribution in [1.29, 1.82) is 0 Å². The van der Waals surface area contributed by atoms with Gasteiger partial charge in [-0.3, -0.25) is 14.4 Å². The van der Waals surface area contributed by atoms with Crippen molar-refractivity contribution in [2.24, 2.45) is 0 Å². The predicted molar refractivity (Wildman–Crippen MR) is 95.7 cm³/mol. The van der Waals surface area contributed by atoms with Gasteiger partial charge in [0.05, 0.1) is 27.7 Å². The molecule has 0 aromatic heterocycles. The molecule has 2 aromatic rings. The fourth-order valence-electron chi connectivity index (χ4n) is 2.55. The van der Waals surface area contributed by atoms with Crippen molar-refractivity contribution in [3.8, 4) is 5.75 Å². The maximum Gasteiger partial charge on any atom is 0.274 e. The Morgan fingerprint density at radius 3 is 2.28 bits per heavy atom. The highest BCUT2D eigenvalue weighted by molar-refractivity contribution is 7.92. The molecular weight excluding hydrogens is 344 g/mol. The fraction of sp³-hybridized carbons (Fsp3) is 0.294. The largest absolute Gasteiger partial charge is 0.494 e. The lowest BCUT2D eigenvalue weighted by atomic mass is 10.1. The molecule has 0 N–H and O–H groups in total. The van der Waals surface area contributed by atoms with Crippen LogP contribution in [0.2, 0.25) is 0 Å². The Hall–Kier alpha value is -2.61. The van der Waals surface area contributed by atoms with Gasteiger partial charge in [-0.2, -0.15) is 0 Å². The summed E-state index contributed by atoms with van der Waals surface area (Å²) in [5.74, 6) is 0.580. The highest BCUT2D eigenvalue weighted by atomic mass is 32.2. The van der Waals surface area contributed by atoms with Crippen LogP contribution in [0.25, 0.3) is 0 Å². The van der Waals surface area contributed by atoms with Crippen LogP contribution in [0, 0.1) is 17.0 Å². The topological polar surface area (TPSA) is 89.8 Å². The average Bonchev–Trinajstić information content (AvgIpc) is 2.57. The summed E-state index contributed by atoms with van der Waals surface area (Å²) in [4.78, 5) is 10.7. The first-order chi connectivity index (χ1) is 11.8. The molecular formula is C17H20N2O5S. The van der Waals surface area contributed by atoms with Crippen LogP contribution in [0.5, 0.6) is 5.75 Å². The van der Waals surface area contributed by atoms with Crippen LogP contribution in [0.15, 0.2) is 47.4 Å². The summed E-state index contributed by atoms with van der Waals surface area (Å²) in [6.07, 6.45) is 0. The van der Waals surface area contributed by atoms with E-state index in [0.717, 1.165) is 0 Å². The van der Waals surface area contributed by atoms with Gasteiger partial charge in [0.15, 0.2) is 0 Å². The fourth-order valence-corrected chi connectivity index (χ4v) is 4.08. The van der Waals surface area contributed by atoms with Gasteiger partial charge in [0.2, 0.25) is 0 Å². The second-order valence-corrected chi connectivity index (χ2v) is 7.11. The summed E-state index contributed by atoms with van der Waals surface area (Å²) in [6, 6.07) is 10.5. The van der Waals surface area contributed by atoms with Gasteiger partial charge in [0.1, 0.15) is 5.75 Å². The van der Waals surface area contributed by atoms with Crippen molar-refractivity contribution < 1.29 is 18.1 Å². The van der Waals surface area contributed by atoms with Crippen molar-refractivity contribution in [3.63, 3.8) is 0 Å². The van der Waals surface area contributed by atoms with Crippen molar-refractivity contribution in [3.05, 3.63) is 58.1 Å². The molecule has 2 rings (SSSR count). The second-order valence-electron chi connectivity index (χ2n) is 5.25. The lowest BCUT2D eigenvalue weighted by molar-refractivity contribution is -0.385. The number of sulfonamides is 1. The maximum atomic E-state index is 13.0. The third kappa shape index (κ3) is 3.74. The van der Waals surface area contributed by atoms with E-state index < -0.39 is 14.9 Å². The third-order valence-corrected chi connectivity index (χ3v) is 5.66. The van der Waals surface area contributed by atoms with Gasteiger partial charge < -0.3 is 4.74 Å². The Kier molecular flexibility index (Phi) is 5.63. The number of hydrogen-bond acceptors (Lipinski definition) is 5. The maximum absolute atomic E-state index is 13.0. The Bertz CT molecular complexity index is 863. The van der Waals surface area contributed by atoms with Gasteiger partial charge in [-0.1, -0.05) is 6.07 Å². The van der Waals surface area contributed by atoms with E-state index in [1.54, 1.807) is 32.0 Å². The molecule has 2 aromatic carbocycles. The lowest BCUT2D eigenvalue weighted by Crippen LogP contribution is -2.31. The van der Waals surface area contributed by atoms with Crippen LogP contribution >= 0.6 is 0 Å². The second kappa shape index (κ2) is 7.52. The summed E-state index contributed by atoms with van der Waals surface area (Å²) >= 11 is 0. The Labute approximate surface area is 147 Å². The van der Waals surface area contributed by atoms with E-state index in [4.69, 9.17) is 4.74 Å². The SMILES string of the molecule is CCOc1ccc(S(=O)(=O)N(CC)c2cccc([N+](=O)[O-])c2C)cc1. The van der Waals surface area contributed by atoms with E-state index in [1.165, 1.54) is 28.6 Å². The van der Waals surface area contributed by atoms with Crippen LogP contribution in [0.3, 0.4) is 0 Å². The number of benzene rings is 2. The number of anilines is 1. The summed E-state index contributed by atoms with van der Waals surface area (Å²) in [6.45, 7) is 5.71. The normalized spacial score (nSPS) is 11.2. The molecule has 25 heavy (non-hydrogen) atoms. The van der Waals surface area contributed by atoms with Crippen LogP contribution in [-0.4, -0.2) is 26.5 Å². The van der Waals surface area contributed by atoms with Gasteiger partial charge in [-0.15, -0.1) is 0 Å². The summed E-state index contributed by atoms with van der Waals surface area (Å²) < 4.78 is 32.5. The van der Waals surface area contributed by atoms with Crippen molar-refractivity contribution in [1.82, 2.24) is 0 Å². The first kappa shape index (κ1) is 18.7. The van der Waals surface area contributed by atoms with Crippen molar-refractivity contribution >= 4 is 21.4 Å². The van der Waals surface area contributed by atoms with E-state index >= 15 is 0 Å². The molecule has 0 aliphatic carbocycles. The zero-order chi connectivity index (χ0) is 18.6. The molecule has 134 valence electrons. The molecule has 0 radical (unpaired) electrons. The summed E-state index contributed by atoms with van der Waals surface area (Å²) in [5, 5.41) is 11.1. The third-order valence-electron chi connectivity index (χ3n) is 3.75. The van der Waals surface area contributed by atoms with E-state index in [2.05, 4.69) is 0 Å². The molecule has 0 spiro atoms. The van der Waals surface area contributed by atoms with Crippen LogP contribution in [0.4, 0.5) is 11.4 Å². The Balaban J connectivity index is 2.49. The van der Waals surface area contributed by atoms with E-state index in [0.29, 0.717) is 23.6 Å². The number of nitro groups is 1. The minimum Gasteiger partial charge on any atom is -0.494 e. The number of nitro benzene ring substituents is 1. The molecule has 0 amide bonds. The number of ether oxygens (including phenoxy) is 1. The molecule has 0 atom stereocenters. The molecule has 0 bridgehead atoms. The molecule has 0 unspecified atom stereocenters. The molecule has 0 heterocycles. The van der Waals surface area contributed by atoms with Gasteiger partial charge in [0, 0.05) is 12.6 Å². The van der Waals surface area contributed by atoms with Crippen LogP contribution < -0.4 is 9.04 Å². The highest BCUT2D eigenvalue weighted by Crippen LogP contribution is 2.32. The number of rotatable bonds is 7. The monoisotopic (exact) mass is 364 g/mol. The summed E-state index contributed by atoms with van der Waals surface area (Å²) in [7, 11) is -3.85. The van der Waals surface area contributed by atoms with E-state index in [1.807, 2.05) is 6.92 Å². The molecule has 0 aliphatic rings. The van der Waals surface area contributed by atoms with Crippen LogP contribution in [0.1, 0.15) is 19.4 Å². The zero-order valence-corrected chi connectivity index (χ0v) is 15.1. The predicted octanol–water partition coefficient (Wildman–Crippen LogP) is 3.52. The molecule has 0 aliphatic heterocycles.